The number of carboxylic acid groups (broad SMARTS) is 1. The molecule has 0 heterocycles. The summed E-state index contributed by atoms with van der Waals surface area (Å²) in [5.41, 5.74) is 13.3. The molecule has 0 saturated heterocycles. The van der Waals surface area contributed by atoms with Crippen molar-refractivity contribution in [3.63, 3.8) is 0 Å². The molecular weight excluding hydrogens is 582 g/mol. The van der Waals surface area contributed by atoms with Gasteiger partial charge in [-0.05, 0) is 53.8 Å². The SMILES string of the molecule is NC(=O)CCC(NC(=O)C(Cc1ccccc1)NC(=O)C(N)Cc1ccc(O)cc1)C(=O)NC(Cc1ccc(O)cc1)C(=O)O. The van der Waals surface area contributed by atoms with E-state index in [0.717, 1.165) is 0 Å². The number of amides is 4. The van der Waals surface area contributed by atoms with E-state index in [2.05, 4.69) is 16.0 Å². The van der Waals surface area contributed by atoms with Crippen molar-refractivity contribution in [1.29, 1.82) is 0 Å². The fourth-order valence-electron chi connectivity index (χ4n) is 4.48. The Kier molecular flexibility index (Phi) is 12.4. The number of hydrogen-bond donors (Lipinski definition) is 8. The van der Waals surface area contributed by atoms with E-state index in [0.29, 0.717) is 16.7 Å². The Morgan fingerprint density at radius 1 is 0.600 bits per heavy atom. The number of aliphatic carboxylic acids is 1. The van der Waals surface area contributed by atoms with Crippen molar-refractivity contribution in [1.82, 2.24) is 16.0 Å². The van der Waals surface area contributed by atoms with E-state index in [1.807, 2.05) is 0 Å². The first-order valence-electron chi connectivity index (χ1n) is 14.2. The molecule has 45 heavy (non-hydrogen) atoms. The number of aromatic hydroxyl groups is 2. The molecule has 0 saturated carbocycles. The first-order valence-corrected chi connectivity index (χ1v) is 14.2. The minimum atomic E-state index is -1.40. The van der Waals surface area contributed by atoms with E-state index in [-0.39, 0.29) is 43.6 Å². The van der Waals surface area contributed by atoms with Gasteiger partial charge in [-0.2, -0.15) is 0 Å². The van der Waals surface area contributed by atoms with Crippen LogP contribution in [0.5, 0.6) is 11.5 Å². The van der Waals surface area contributed by atoms with E-state index >= 15 is 0 Å². The van der Waals surface area contributed by atoms with Crippen molar-refractivity contribution >= 4 is 29.6 Å². The van der Waals surface area contributed by atoms with E-state index in [9.17, 15) is 39.3 Å². The number of nitrogens with one attached hydrogen (secondary N) is 3. The van der Waals surface area contributed by atoms with Gasteiger partial charge in [-0.1, -0.05) is 54.6 Å². The van der Waals surface area contributed by atoms with Crippen molar-refractivity contribution < 1.29 is 39.3 Å². The number of carbonyl (C=O) groups excluding carboxylic acids is 4. The second kappa shape index (κ2) is 16.4. The predicted octanol–water partition coefficient (Wildman–Crippen LogP) is 0.258. The van der Waals surface area contributed by atoms with Gasteiger partial charge in [0.2, 0.25) is 23.6 Å². The maximum absolute atomic E-state index is 13.6. The topological polar surface area (TPSA) is 234 Å². The molecule has 0 aromatic heterocycles. The summed E-state index contributed by atoms with van der Waals surface area (Å²) >= 11 is 0. The second-order valence-electron chi connectivity index (χ2n) is 10.6. The molecule has 0 radical (unpaired) electrons. The summed E-state index contributed by atoms with van der Waals surface area (Å²) in [6.07, 6.45) is -0.490. The van der Waals surface area contributed by atoms with E-state index in [1.54, 1.807) is 42.5 Å². The molecule has 4 unspecified atom stereocenters. The molecule has 13 nitrogen and oxygen atoms in total. The first-order chi connectivity index (χ1) is 21.4. The summed E-state index contributed by atoms with van der Waals surface area (Å²) in [4.78, 5) is 63.5. The van der Waals surface area contributed by atoms with Gasteiger partial charge in [0.25, 0.3) is 0 Å². The average molecular weight is 620 g/mol. The van der Waals surface area contributed by atoms with Crippen molar-refractivity contribution in [2.45, 2.75) is 56.3 Å². The minimum absolute atomic E-state index is 0.0117. The number of carbonyl (C=O) groups is 5. The molecular formula is C32H37N5O8. The number of carboxylic acids is 1. The Morgan fingerprint density at radius 3 is 1.58 bits per heavy atom. The number of phenolic OH excluding ortho intramolecular Hbond substituents is 2. The van der Waals surface area contributed by atoms with Gasteiger partial charge in [0.15, 0.2) is 0 Å². The zero-order valence-corrected chi connectivity index (χ0v) is 24.4. The van der Waals surface area contributed by atoms with E-state index in [1.165, 1.54) is 36.4 Å². The zero-order valence-electron chi connectivity index (χ0n) is 24.4. The second-order valence-corrected chi connectivity index (χ2v) is 10.6. The van der Waals surface area contributed by atoms with Crippen LogP contribution >= 0.6 is 0 Å². The summed E-state index contributed by atoms with van der Waals surface area (Å²) in [5, 5.41) is 36.3. The van der Waals surface area contributed by atoms with Crippen LogP contribution in [0, 0.1) is 0 Å². The van der Waals surface area contributed by atoms with E-state index in [4.69, 9.17) is 11.5 Å². The third kappa shape index (κ3) is 11.3. The fraction of sp³-hybridized carbons (Fsp3) is 0.281. The van der Waals surface area contributed by atoms with Gasteiger partial charge in [-0.25, -0.2) is 4.79 Å². The van der Waals surface area contributed by atoms with Crippen LogP contribution in [-0.2, 0) is 43.2 Å². The lowest BCUT2D eigenvalue weighted by molar-refractivity contribution is -0.142. The first kappa shape index (κ1) is 34.1. The number of primary amides is 1. The molecule has 4 amide bonds. The Labute approximate surface area is 259 Å². The highest BCUT2D eigenvalue weighted by Crippen LogP contribution is 2.13. The van der Waals surface area contributed by atoms with Crippen LogP contribution in [0.4, 0.5) is 0 Å². The molecule has 0 spiro atoms. The third-order valence-corrected chi connectivity index (χ3v) is 6.95. The van der Waals surface area contributed by atoms with Gasteiger partial charge < -0.3 is 42.7 Å². The van der Waals surface area contributed by atoms with Crippen molar-refractivity contribution in [3.8, 4) is 11.5 Å². The van der Waals surface area contributed by atoms with Gasteiger partial charge >= 0.3 is 5.97 Å². The largest absolute Gasteiger partial charge is 0.508 e. The standard InChI is InChI=1S/C32H37N5O8/c33-24(16-20-6-10-22(38)11-7-20)29(41)36-26(17-19-4-2-1-3-5-19)31(43)35-25(14-15-28(34)40)30(42)37-27(32(44)45)18-21-8-12-23(39)13-9-21/h1-13,24-27,38-39H,14-18,33H2,(H2,34,40)(H,35,43)(H,36,41)(H,37,42)(H,44,45). The molecule has 13 heteroatoms. The molecule has 0 fully saturated rings. The molecule has 0 aliphatic carbocycles. The maximum atomic E-state index is 13.6. The van der Waals surface area contributed by atoms with Crippen LogP contribution in [0.1, 0.15) is 29.5 Å². The van der Waals surface area contributed by atoms with Gasteiger partial charge in [0.1, 0.15) is 29.6 Å². The molecule has 10 N–H and O–H groups in total. The molecule has 0 bridgehead atoms. The van der Waals surface area contributed by atoms with Crippen molar-refractivity contribution in [2.75, 3.05) is 0 Å². The van der Waals surface area contributed by atoms with Gasteiger partial charge in [-0.15, -0.1) is 0 Å². The Bertz CT molecular complexity index is 1470. The molecule has 0 aliphatic heterocycles. The molecule has 3 rings (SSSR count). The molecule has 4 atom stereocenters. The normalized spacial score (nSPS) is 13.4. The van der Waals surface area contributed by atoms with Crippen LogP contribution in [-0.4, -0.2) is 69.1 Å². The van der Waals surface area contributed by atoms with Crippen LogP contribution in [0.25, 0.3) is 0 Å². The average Bonchev–Trinajstić information content (AvgIpc) is 3.00. The lowest BCUT2D eigenvalue weighted by Crippen LogP contribution is -2.58. The summed E-state index contributed by atoms with van der Waals surface area (Å²) in [6.45, 7) is 0. The molecule has 3 aromatic carbocycles. The Balaban J connectivity index is 1.77. The summed E-state index contributed by atoms with van der Waals surface area (Å²) in [5.74, 6) is -4.31. The van der Waals surface area contributed by atoms with Crippen LogP contribution in [0.15, 0.2) is 78.9 Å². The highest BCUT2D eigenvalue weighted by Gasteiger charge is 2.31. The summed E-state index contributed by atoms with van der Waals surface area (Å²) in [6, 6.07) is 15.7. The molecule has 0 aliphatic rings. The number of hydrogen-bond acceptors (Lipinski definition) is 8. The van der Waals surface area contributed by atoms with Gasteiger partial charge in [-0.3, -0.25) is 19.2 Å². The minimum Gasteiger partial charge on any atom is -0.508 e. The van der Waals surface area contributed by atoms with Gasteiger partial charge in [0, 0.05) is 19.3 Å². The third-order valence-electron chi connectivity index (χ3n) is 6.95. The number of benzene rings is 3. The summed E-state index contributed by atoms with van der Waals surface area (Å²) in [7, 11) is 0. The Hall–Kier alpha value is -5.43. The Morgan fingerprint density at radius 2 is 1.04 bits per heavy atom. The van der Waals surface area contributed by atoms with Gasteiger partial charge in [0.05, 0.1) is 6.04 Å². The highest BCUT2D eigenvalue weighted by molar-refractivity contribution is 5.94. The quantitative estimate of drug-likeness (QED) is 0.110. The zero-order chi connectivity index (χ0) is 32.9. The lowest BCUT2D eigenvalue weighted by atomic mass is 10.0. The number of nitrogens with two attached hydrogens (primary N) is 2. The summed E-state index contributed by atoms with van der Waals surface area (Å²) < 4.78 is 0. The molecule has 3 aromatic rings. The van der Waals surface area contributed by atoms with E-state index < -0.39 is 53.8 Å². The highest BCUT2D eigenvalue weighted by atomic mass is 16.4. The number of rotatable bonds is 16. The lowest BCUT2D eigenvalue weighted by Gasteiger charge is -2.25. The van der Waals surface area contributed by atoms with Crippen LogP contribution in [0.3, 0.4) is 0 Å². The smallest absolute Gasteiger partial charge is 0.326 e. The fourth-order valence-corrected chi connectivity index (χ4v) is 4.48. The number of phenols is 2. The predicted molar refractivity (Wildman–Crippen MR) is 164 cm³/mol. The maximum Gasteiger partial charge on any atom is 0.326 e. The monoisotopic (exact) mass is 619 g/mol. The molecule has 238 valence electrons. The van der Waals surface area contributed by atoms with Crippen LogP contribution in [0.2, 0.25) is 0 Å². The van der Waals surface area contributed by atoms with Crippen molar-refractivity contribution in [3.05, 3.63) is 95.6 Å². The van der Waals surface area contributed by atoms with Crippen molar-refractivity contribution in [2.24, 2.45) is 11.5 Å². The van der Waals surface area contributed by atoms with Crippen LogP contribution < -0.4 is 27.4 Å².